The van der Waals surface area contributed by atoms with Gasteiger partial charge in [-0.25, -0.2) is 0 Å². The molecule has 1 fully saturated rings. The lowest BCUT2D eigenvalue weighted by Gasteiger charge is -2.22. The molecule has 6 heteroatoms. The van der Waals surface area contributed by atoms with Crippen LogP contribution in [0.2, 0.25) is 0 Å². The Morgan fingerprint density at radius 2 is 1.50 bits per heavy atom. The zero-order chi connectivity index (χ0) is 25.0. The molecule has 1 aliphatic carbocycles. The molecule has 36 heavy (non-hydrogen) atoms. The van der Waals surface area contributed by atoms with Crippen molar-refractivity contribution in [1.29, 1.82) is 0 Å². The average Bonchev–Trinajstić information content (AvgIpc) is 2.92. The monoisotopic (exact) mass is 485 g/mol. The summed E-state index contributed by atoms with van der Waals surface area (Å²) in [5.74, 6) is 0.604. The van der Waals surface area contributed by atoms with E-state index in [0.29, 0.717) is 17.9 Å². The third kappa shape index (κ3) is 8.15. The highest BCUT2D eigenvalue weighted by Crippen LogP contribution is 2.19. The van der Waals surface area contributed by atoms with E-state index in [9.17, 15) is 9.59 Å². The highest BCUT2D eigenvalue weighted by atomic mass is 16.5. The van der Waals surface area contributed by atoms with Gasteiger partial charge in [0.1, 0.15) is 5.75 Å². The van der Waals surface area contributed by atoms with E-state index in [2.05, 4.69) is 28.1 Å². The average molecular weight is 486 g/mol. The van der Waals surface area contributed by atoms with Crippen molar-refractivity contribution in [3.63, 3.8) is 0 Å². The summed E-state index contributed by atoms with van der Waals surface area (Å²) in [6.07, 6.45) is 7.68. The van der Waals surface area contributed by atoms with Gasteiger partial charge < -0.3 is 20.7 Å². The molecular formula is C30H35N3O3. The minimum atomic E-state index is -0.148. The summed E-state index contributed by atoms with van der Waals surface area (Å²) in [6, 6.07) is 25.3. The fraction of sp³-hybridized carbons (Fsp3) is 0.333. The summed E-state index contributed by atoms with van der Waals surface area (Å²) in [4.78, 5) is 24.8. The van der Waals surface area contributed by atoms with Crippen LogP contribution >= 0.6 is 0 Å². The van der Waals surface area contributed by atoms with Gasteiger partial charge in [-0.05, 0) is 79.8 Å². The number of aryl methyl sites for hydroxylation is 1. The number of hydrogen-bond acceptors (Lipinski definition) is 4. The van der Waals surface area contributed by atoms with Gasteiger partial charge in [-0.15, -0.1) is 0 Å². The Hall–Kier alpha value is -3.80. The Kier molecular flexibility index (Phi) is 9.37. The minimum absolute atomic E-state index is 0.0326. The summed E-state index contributed by atoms with van der Waals surface area (Å²) in [5.41, 5.74) is 3.45. The molecule has 3 aromatic carbocycles. The van der Waals surface area contributed by atoms with Crippen LogP contribution in [0.5, 0.6) is 5.75 Å². The zero-order valence-corrected chi connectivity index (χ0v) is 20.7. The first-order chi connectivity index (χ1) is 17.7. The molecule has 0 atom stereocenters. The van der Waals surface area contributed by atoms with E-state index in [4.69, 9.17) is 4.74 Å². The summed E-state index contributed by atoms with van der Waals surface area (Å²) in [5, 5.41) is 9.11. The summed E-state index contributed by atoms with van der Waals surface area (Å²) in [7, 11) is 0. The van der Waals surface area contributed by atoms with Gasteiger partial charge in [-0.3, -0.25) is 9.59 Å². The maximum absolute atomic E-state index is 12.4. The molecule has 4 rings (SSSR count). The van der Waals surface area contributed by atoms with Gasteiger partial charge >= 0.3 is 0 Å². The summed E-state index contributed by atoms with van der Waals surface area (Å²) < 4.78 is 5.81. The van der Waals surface area contributed by atoms with Crippen LogP contribution in [0.4, 0.5) is 11.4 Å². The van der Waals surface area contributed by atoms with Gasteiger partial charge in [0.2, 0.25) is 5.91 Å². The van der Waals surface area contributed by atoms with E-state index < -0.39 is 0 Å². The van der Waals surface area contributed by atoms with E-state index in [1.807, 2.05) is 54.6 Å². The molecule has 3 N–H and O–H groups in total. The van der Waals surface area contributed by atoms with E-state index in [1.165, 1.54) is 24.8 Å². The molecule has 1 saturated carbocycles. The van der Waals surface area contributed by atoms with Gasteiger partial charge in [0.25, 0.3) is 5.91 Å². The van der Waals surface area contributed by atoms with Crippen molar-refractivity contribution in [2.75, 3.05) is 23.8 Å². The molecular weight excluding hydrogens is 450 g/mol. The fourth-order valence-electron chi connectivity index (χ4n) is 4.39. The van der Waals surface area contributed by atoms with Gasteiger partial charge in [-0.1, -0.05) is 49.6 Å². The quantitative estimate of drug-likeness (QED) is 0.299. The van der Waals surface area contributed by atoms with Crippen LogP contribution in [-0.2, 0) is 11.2 Å². The highest BCUT2D eigenvalue weighted by Gasteiger charge is 2.16. The number of carbonyl (C=O) groups excluding carboxylic acids is 2. The first-order valence-corrected chi connectivity index (χ1v) is 12.9. The molecule has 0 radical (unpaired) electrons. The minimum Gasteiger partial charge on any atom is -0.494 e. The Morgan fingerprint density at radius 1 is 0.806 bits per heavy atom. The van der Waals surface area contributed by atoms with Crippen molar-refractivity contribution in [3.8, 4) is 5.75 Å². The Labute approximate surface area is 213 Å². The van der Waals surface area contributed by atoms with Crippen LogP contribution < -0.4 is 20.7 Å². The second-order valence-corrected chi connectivity index (χ2v) is 9.25. The summed E-state index contributed by atoms with van der Waals surface area (Å²) >= 11 is 0. The molecule has 0 saturated heterocycles. The number of rotatable bonds is 11. The Morgan fingerprint density at radius 3 is 2.22 bits per heavy atom. The predicted molar refractivity (Wildman–Crippen MR) is 145 cm³/mol. The molecule has 0 spiro atoms. The topological polar surface area (TPSA) is 79.5 Å². The van der Waals surface area contributed by atoms with Gasteiger partial charge in [0.15, 0.2) is 0 Å². The lowest BCUT2D eigenvalue weighted by molar-refractivity contribution is -0.114. The normalized spacial score (nSPS) is 13.6. The van der Waals surface area contributed by atoms with Crippen molar-refractivity contribution in [3.05, 3.63) is 90.0 Å². The van der Waals surface area contributed by atoms with Crippen molar-refractivity contribution in [2.45, 2.75) is 51.0 Å². The number of nitrogens with one attached hydrogen (secondary N) is 3. The van der Waals surface area contributed by atoms with Gasteiger partial charge in [0.05, 0.1) is 13.2 Å². The molecule has 1 aliphatic rings. The third-order valence-corrected chi connectivity index (χ3v) is 6.40. The molecule has 0 aliphatic heterocycles. The van der Waals surface area contributed by atoms with Crippen LogP contribution in [0.1, 0.15) is 54.4 Å². The molecule has 3 aromatic rings. The SMILES string of the molecule is O=C(CNc1ccc(C(=O)NC2CCCCC2)cc1)Nc1ccc(OCCCc2ccccc2)cc1. The van der Waals surface area contributed by atoms with E-state index in [-0.39, 0.29) is 24.4 Å². The van der Waals surface area contributed by atoms with E-state index >= 15 is 0 Å². The van der Waals surface area contributed by atoms with Crippen LogP contribution in [0.15, 0.2) is 78.9 Å². The van der Waals surface area contributed by atoms with Crippen LogP contribution in [0, 0.1) is 0 Å². The molecule has 0 bridgehead atoms. The van der Waals surface area contributed by atoms with Crippen molar-refractivity contribution in [1.82, 2.24) is 5.32 Å². The number of anilines is 2. The molecule has 0 aromatic heterocycles. The van der Waals surface area contributed by atoms with Gasteiger partial charge in [-0.2, -0.15) is 0 Å². The van der Waals surface area contributed by atoms with Crippen molar-refractivity contribution in [2.24, 2.45) is 0 Å². The highest BCUT2D eigenvalue weighted by molar-refractivity contribution is 5.95. The maximum atomic E-state index is 12.4. The molecule has 0 unspecified atom stereocenters. The number of hydrogen-bond donors (Lipinski definition) is 3. The standard InChI is InChI=1S/C30H35N3O3/c34-29(22-31-25-15-13-24(14-16-25)30(35)33-26-11-5-2-6-12-26)32-27-17-19-28(20-18-27)36-21-7-10-23-8-3-1-4-9-23/h1,3-4,8-9,13-20,26,31H,2,5-7,10-12,21-22H2,(H,32,34)(H,33,35). The fourth-order valence-corrected chi connectivity index (χ4v) is 4.39. The number of benzene rings is 3. The predicted octanol–water partition coefficient (Wildman–Crippen LogP) is 5.81. The van der Waals surface area contributed by atoms with Gasteiger partial charge in [0, 0.05) is 23.0 Å². The van der Waals surface area contributed by atoms with Crippen LogP contribution in [-0.4, -0.2) is 31.0 Å². The van der Waals surface area contributed by atoms with Crippen molar-refractivity contribution < 1.29 is 14.3 Å². The second-order valence-electron chi connectivity index (χ2n) is 9.25. The summed E-state index contributed by atoms with van der Waals surface area (Å²) in [6.45, 7) is 0.775. The zero-order valence-electron chi connectivity index (χ0n) is 20.7. The first-order valence-electron chi connectivity index (χ1n) is 12.9. The van der Waals surface area contributed by atoms with E-state index in [1.54, 1.807) is 12.1 Å². The Balaban J connectivity index is 1.14. The number of amides is 2. The maximum Gasteiger partial charge on any atom is 0.251 e. The smallest absolute Gasteiger partial charge is 0.251 e. The third-order valence-electron chi connectivity index (χ3n) is 6.40. The molecule has 0 heterocycles. The first kappa shape index (κ1) is 25.3. The second kappa shape index (κ2) is 13.3. The van der Waals surface area contributed by atoms with Crippen molar-refractivity contribution >= 4 is 23.2 Å². The Bertz CT molecular complexity index is 1090. The largest absolute Gasteiger partial charge is 0.494 e. The molecule has 2 amide bonds. The molecule has 6 nitrogen and oxygen atoms in total. The van der Waals surface area contributed by atoms with Crippen LogP contribution in [0.3, 0.4) is 0 Å². The van der Waals surface area contributed by atoms with Crippen LogP contribution in [0.25, 0.3) is 0 Å². The lowest BCUT2D eigenvalue weighted by Crippen LogP contribution is -2.36. The lowest BCUT2D eigenvalue weighted by atomic mass is 9.95. The number of carbonyl (C=O) groups is 2. The molecule has 188 valence electrons. The number of ether oxygens (including phenoxy) is 1. The van der Waals surface area contributed by atoms with E-state index in [0.717, 1.165) is 37.1 Å².